The van der Waals surface area contributed by atoms with Gasteiger partial charge >= 0.3 is 12.4 Å². The molecule has 0 radical (unpaired) electrons. The number of benzene rings is 3. The zero-order valence-corrected chi connectivity index (χ0v) is 25.9. The van der Waals surface area contributed by atoms with Gasteiger partial charge in [0, 0.05) is 35.6 Å². The number of carbonyl (C=O) groups excluding carboxylic acids is 2. The van der Waals surface area contributed by atoms with Crippen molar-refractivity contribution in [1.82, 2.24) is 15.3 Å². The largest absolute Gasteiger partial charge is 0.573 e. The average molecular weight is 653 g/mol. The molecular formula is C36H31F3N6O3. The number of pyridine rings is 2. The van der Waals surface area contributed by atoms with Gasteiger partial charge in [-0.2, -0.15) is 0 Å². The second-order valence-corrected chi connectivity index (χ2v) is 11.4. The van der Waals surface area contributed by atoms with E-state index < -0.39 is 41.4 Å². The molecule has 6 rings (SSSR count). The summed E-state index contributed by atoms with van der Waals surface area (Å²) < 4.78 is 42.4. The lowest BCUT2D eigenvalue weighted by molar-refractivity contribution is -0.274. The molecule has 3 aromatic carbocycles. The van der Waals surface area contributed by atoms with Gasteiger partial charge in [-0.1, -0.05) is 50.2 Å². The highest BCUT2D eigenvalue weighted by atomic mass is 19.4. The van der Waals surface area contributed by atoms with E-state index in [0.717, 1.165) is 39.5 Å². The van der Waals surface area contributed by atoms with Gasteiger partial charge in [0.1, 0.15) is 22.9 Å². The Bertz CT molecular complexity index is 1820. The summed E-state index contributed by atoms with van der Waals surface area (Å²) in [6.07, 6.45) is -1.63. The number of alkyl halides is 3. The van der Waals surface area contributed by atoms with Crippen LogP contribution in [0.4, 0.5) is 46.7 Å². The molecule has 0 spiro atoms. The summed E-state index contributed by atoms with van der Waals surface area (Å²) in [5, 5.41) is 9.53. The van der Waals surface area contributed by atoms with Crippen LogP contribution in [0.15, 0.2) is 122 Å². The molecule has 1 aliphatic heterocycles. The van der Waals surface area contributed by atoms with Gasteiger partial charge in [0.25, 0.3) is 5.91 Å². The van der Waals surface area contributed by atoms with Crippen LogP contribution >= 0.6 is 0 Å². The van der Waals surface area contributed by atoms with E-state index in [-0.39, 0.29) is 5.69 Å². The zero-order valence-electron chi connectivity index (χ0n) is 25.9. The van der Waals surface area contributed by atoms with E-state index >= 15 is 0 Å². The molecule has 5 aromatic rings. The first kappa shape index (κ1) is 32.0. The fourth-order valence-electron chi connectivity index (χ4n) is 5.99. The SMILES string of the molecule is CC(c1ccnc(Nc2ccccc2)c1)C1(C(C)c2ccnc(Nc3ccccc3)c2)NC(=O)N(c2ccc(OC(F)(F)F)cc2)C1=O. The standard InChI is InChI=1S/C36H31F3N6O3/c1-23(25-17-19-40-31(21-25)42-27-9-5-3-6-10-27)35(24(2)26-18-20-41-32(22-26)43-28-11-7-4-8-12-28)33(46)45(34(47)44-35)29-13-15-30(16-14-29)48-36(37,38)39/h3-24H,1-2H3,(H,40,42)(H,41,43)(H,44,47). The third-order valence-corrected chi connectivity index (χ3v) is 8.43. The van der Waals surface area contributed by atoms with Crippen molar-refractivity contribution in [2.24, 2.45) is 0 Å². The van der Waals surface area contributed by atoms with Crippen molar-refractivity contribution in [2.75, 3.05) is 15.5 Å². The monoisotopic (exact) mass is 652 g/mol. The Kier molecular flexibility index (Phi) is 8.72. The molecule has 2 aromatic heterocycles. The maximum absolute atomic E-state index is 14.7. The highest BCUT2D eigenvalue weighted by Gasteiger charge is 2.58. The molecule has 1 aliphatic rings. The molecule has 2 atom stereocenters. The third kappa shape index (κ3) is 6.63. The van der Waals surface area contributed by atoms with Crippen LogP contribution in [0.3, 0.4) is 0 Å². The van der Waals surface area contributed by atoms with E-state index in [2.05, 4.69) is 30.7 Å². The van der Waals surface area contributed by atoms with Gasteiger partial charge in [0.05, 0.1) is 5.69 Å². The van der Waals surface area contributed by atoms with Crippen molar-refractivity contribution >= 4 is 40.6 Å². The Morgan fingerprint density at radius 2 is 1.21 bits per heavy atom. The Morgan fingerprint density at radius 3 is 1.67 bits per heavy atom. The van der Waals surface area contributed by atoms with E-state index in [1.54, 1.807) is 24.5 Å². The van der Waals surface area contributed by atoms with Crippen molar-refractivity contribution in [1.29, 1.82) is 0 Å². The van der Waals surface area contributed by atoms with E-state index in [1.807, 2.05) is 86.6 Å². The first-order chi connectivity index (χ1) is 23.0. The van der Waals surface area contributed by atoms with E-state index in [9.17, 15) is 22.8 Å². The van der Waals surface area contributed by atoms with Crippen LogP contribution in [0.25, 0.3) is 0 Å². The summed E-state index contributed by atoms with van der Waals surface area (Å²) in [7, 11) is 0. The van der Waals surface area contributed by atoms with Gasteiger partial charge in [-0.05, 0) is 83.9 Å². The molecule has 2 unspecified atom stereocenters. The minimum Gasteiger partial charge on any atom is -0.406 e. The molecule has 48 heavy (non-hydrogen) atoms. The highest BCUT2D eigenvalue weighted by Crippen LogP contribution is 2.45. The lowest BCUT2D eigenvalue weighted by Crippen LogP contribution is -2.55. The quantitative estimate of drug-likeness (QED) is 0.130. The van der Waals surface area contributed by atoms with Crippen molar-refractivity contribution in [2.45, 2.75) is 37.6 Å². The number of imide groups is 1. The number of para-hydroxylation sites is 2. The van der Waals surface area contributed by atoms with Crippen LogP contribution in [0.2, 0.25) is 0 Å². The van der Waals surface area contributed by atoms with Crippen molar-refractivity contribution in [3.63, 3.8) is 0 Å². The average Bonchev–Trinajstić information content (AvgIpc) is 3.35. The van der Waals surface area contributed by atoms with Gasteiger partial charge in [0.15, 0.2) is 0 Å². The summed E-state index contributed by atoms with van der Waals surface area (Å²) in [5.74, 6) is -1.18. The minimum atomic E-state index is -4.89. The summed E-state index contributed by atoms with van der Waals surface area (Å²) >= 11 is 0. The zero-order chi connectivity index (χ0) is 33.9. The Balaban J connectivity index is 1.39. The number of hydrogen-bond donors (Lipinski definition) is 3. The lowest BCUT2D eigenvalue weighted by Gasteiger charge is -2.39. The third-order valence-electron chi connectivity index (χ3n) is 8.43. The molecular weight excluding hydrogens is 621 g/mol. The number of anilines is 5. The molecule has 3 heterocycles. The van der Waals surface area contributed by atoms with Gasteiger partial charge in [-0.15, -0.1) is 13.2 Å². The summed E-state index contributed by atoms with van der Waals surface area (Å²) in [6, 6.07) is 30.1. The van der Waals surface area contributed by atoms with Crippen molar-refractivity contribution in [3.8, 4) is 5.75 Å². The Labute approximate surface area is 274 Å². The highest BCUT2D eigenvalue weighted by molar-refractivity contribution is 6.24. The topological polar surface area (TPSA) is 108 Å². The number of aromatic nitrogens is 2. The van der Waals surface area contributed by atoms with Gasteiger partial charge in [0.2, 0.25) is 0 Å². The first-order valence-corrected chi connectivity index (χ1v) is 15.1. The minimum absolute atomic E-state index is 0.0932. The van der Waals surface area contributed by atoms with Crippen LogP contribution in [-0.4, -0.2) is 33.8 Å². The van der Waals surface area contributed by atoms with Gasteiger partial charge < -0.3 is 20.7 Å². The van der Waals surface area contributed by atoms with Crippen LogP contribution in [-0.2, 0) is 4.79 Å². The lowest BCUT2D eigenvalue weighted by atomic mass is 9.70. The predicted molar refractivity (Wildman–Crippen MR) is 177 cm³/mol. The summed E-state index contributed by atoms with van der Waals surface area (Å²) in [6.45, 7) is 3.70. The number of ether oxygens (including phenoxy) is 1. The van der Waals surface area contributed by atoms with E-state index in [4.69, 9.17) is 0 Å². The molecule has 0 aliphatic carbocycles. The molecule has 12 heteroatoms. The maximum atomic E-state index is 14.7. The van der Waals surface area contributed by atoms with E-state index in [1.165, 1.54) is 12.1 Å². The molecule has 1 fully saturated rings. The molecule has 3 N–H and O–H groups in total. The molecule has 0 saturated carbocycles. The second-order valence-electron chi connectivity index (χ2n) is 11.4. The van der Waals surface area contributed by atoms with E-state index in [0.29, 0.717) is 11.6 Å². The fraction of sp³-hybridized carbons (Fsp3) is 0.167. The van der Waals surface area contributed by atoms with Gasteiger partial charge in [-0.25, -0.2) is 19.7 Å². The summed E-state index contributed by atoms with van der Waals surface area (Å²) in [4.78, 5) is 38.3. The molecule has 244 valence electrons. The van der Waals surface area contributed by atoms with Crippen LogP contribution in [0, 0.1) is 0 Å². The number of amides is 3. The van der Waals surface area contributed by atoms with Crippen LogP contribution in [0.1, 0.15) is 36.8 Å². The molecule has 0 bridgehead atoms. The number of hydrogen-bond acceptors (Lipinski definition) is 7. The van der Waals surface area contributed by atoms with Crippen molar-refractivity contribution < 1.29 is 27.5 Å². The number of nitrogens with zero attached hydrogens (tertiary/aromatic N) is 3. The first-order valence-electron chi connectivity index (χ1n) is 15.1. The number of rotatable bonds is 10. The summed E-state index contributed by atoms with van der Waals surface area (Å²) in [5.41, 5.74) is 1.64. The van der Waals surface area contributed by atoms with Crippen LogP contribution in [0.5, 0.6) is 5.75 Å². The van der Waals surface area contributed by atoms with Gasteiger partial charge in [-0.3, -0.25) is 4.79 Å². The number of halogens is 3. The van der Waals surface area contributed by atoms with Crippen molar-refractivity contribution in [3.05, 3.63) is 133 Å². The molecule has 9 nitrogen and oxygen atoms in total. The Hall–Kier alpha value is -5.91. The number of nitrogens with one attached hydrogen (secondary N) is 3. The Morgan fingerprint density at radius 1 is 0.729 bits per heavy atom. The smallest absolute Gasteiger partial charge is 0.406 e. The molecule has 3 amide bonds. The number of urea groups is 1. The molecule has 1 saturated heterocycles. The maximum Gasteiger partial charge on any atom is 0.573 e. The fourth-order valence-corrected chi connectivity index (χ4v) is 5.99. The normalized spacial score (nSPS) is 17.4. The van der Waals surface area contributed by atoms with Crippen LogP contribution < -0.4 is 25.6 Å². The number of carbonyl (C=O) groups is 2. The second kappa shape index (κ2) is 13.1. The predicted octanol–water partition coefficient (Wildman–Crippen LogP) is 8.26.